The van der Waals surface area contributed by atoms with Crippen LogP contribution in [0.1, 0.15) is 35.6 Å². The van der Waals surface area contributed by atoms with Gasteiger partial charge in [-0.2, -0.15) is 0 Å². The molecular weight excluding hydrogens is 196 g/mol. The van der Waals surface area contributed by atoms with Gasteiger partial charge in [-0.25, -0.2) is 0 Å². The summed E-state index contributed by atoms with van der Waals surface area (Å²) in [6.07, 6.45) is 2.50. The van der Waals surface area contributed by atoms with Gasteiger partial charge in [0.15, 0.2) is 0 Å². The number of nitrogens with one attached hydrogen (secondary N) is 1. The fraction of sp³-hybridized carbons (Fsp3) is 0.571. The maximum absolute atomic E-state index is 5.88. The normalized spacial score (nSPS) is 25.7. The molecule has 88 valence electrons. The first-order chi connectivity index (χ1) is 7.72. The molecule has 0 bridgehead atoms. The van der Waals surface area contributed by atoms with Gasteiger partial charge in [-0.1, -0.05) is 23.8 Å². The predicted octanol–water partition coefficient (Wildman–Crippen LogP) is 2.30. The Labute approximate surface area is 98.2 Å². The van der Waals surface area contributed by atoms with E-state index in [1.807, 2.05) is 0 Å². The van der Waals surface area contributed by atoms with E-state index in [4.69, 9.17) is 5.73 Å². The summed E-state index contributed by atoms with van der Waals surface area (Å²) in [7, 11) is 0. The van der Waals surface area contributed by atoms with E-state index in [9.17, 15) is 0 Å². The van der Waals surface area contributed by atoms with E-state index in [2.05, 4.69) is 37.4 Å². The summed E-state index contributed by atoms with van der Waals surface area (Å²) in [6.45, 7) is 6.25. The van der Waals surface area contributed by atoms with E-state index < -0.39 is 0 Å². The SMILES string of the molecule is Cc1ccc(C)c([C@@H]2NCCC[C@H]2CN)c1. The highest BCUT2D eigenvalue weighted by atomic mass is 14.9. The quantitative estimate of drug-likeness (QED) is 0.799. The lowest BCUT2D eigenvalue weighted by atomic mass is 9.84. The Bertz CT molecular complexity index is 360. The van der Waals surface area contributed by atoms with Crippen LogP contribution in [0.15, 0.2) is 18.2 Å². The van der Waals surface area contributed by atoms with Crippen LogP contribution in [-0.2, 0) is 0 Å². The van der Waals surface area contributed by atoms with Gasteiger partial charge >= 0.3 is 0 Å². The molecule has 16 heavy (non-hydrogen) atoms. The number of nitrogens with two attached hydrogens (primary N) is 1. The van der Waals surface area contributed by atoms with Crippen molar-refractivity contribution in [3.05, 3.63) is 34.9 Å². The lowest BCUT2D eigenvalue weighted by molar-refractivity contribution is 0.290. The molecule has 0 saturated carbocycles. The Hall–Kier alpha value is -0.860. The first-order valence-corrected chi connectivity index (χ1v) is 6.23. The zero-order chi connectivity index (χ0) is 11.5. The van der Waals surface area contributed by atoms with Crippen molar-refractivity contribution in [1.29, 1.82) is 0 Å². The molecule has 1 heterocycles. The largest absolute Gasteiger partial charge is 0.330 e. The molecule has 3 N–H and O–H groups in total. The van der Waals surface area contributed by atoms with Gasteiger partial charge in [0.2, 0.25) is 0 Å². The Balaban J connectivity index is 2.30. The van der Waals surface area contributed by atoms with Crippen molar-refractivity contribution < 1.29 is 0 Å². The van der Waals surface area contributed by atoms with E-state index >= 15 is 0 Å². The van der Waals surface area contributed by atoms with Crippen molar-refractivity contribution in [3.8, 4) is 0 Å². The first-order valence-electron chi connectivity index (χ1n) is 6.23. The van der Waals surface area contributed by atoms with Gasteiger partial charge in [0.1, 0.15) is 0 Å². The number of piperidine rings is 1. The van der Waals surface area contributed by atoms with Crippen LogP contribution in [0.25, 0.3) is 0 Å². The third-order valence-electron chi connectivity index (χ3n) is 3.66. The predicted molar refractivity (Wildman–Crippen MR) is 68.4 cm³/mol. The van der Waals surface area contributed by atoms with Gasteiger partial charge in [-0.05, 0) is 56.8 Å². The Morgan fingerprint density at radius 3 is 2.94 bits per heavy atom. The van der Waals surface area contributed by atoms with Crippen molar-refractivity contribution in [2.24, 2.45) is 11.7 Å². The van der Waals surface area contributed by atoms with E-state index in [-0.39, 0.29) is 0 Å². The Morgan fingerprint density at radius 1 is 1.38 bits per heavy atom. The number of rotatable bonds is 2. The first kappa shape index (κ1) is 11.6. The Kier molecular flexibility index (Phi) is 3.62. The summed E-state index contributed by atoms with van der Waals surface area (Å²) < 4.78 is 0. The smallest absolute Gasteiger partial charge is 0.0363 e. The lowest BCUT2D eigenvalue weighted by Gasteiger charge is -2.33. The van der Waals surface area contributed by atoms with E-state index in [1.54, 1.807) is 0 Å². The third kappa shape index (κ3) is 2.28. The molecule has 2 nitrogen and oxygen atoms in total. The molecule has 2 atom stereocenters. The van der Waals surface area contributed by atoms with Crippen molar-refractivity contribution >= 4 is 0 Å². The number of hydrogen-bond donors (Lipinski definition) is 2. The zero-order valence-electron chi connectivity index (χ0n) is 10.3. The average Bonchev–Trinajstić information content (AvgIpc) is 2.32. The summed E-state index contributed by atoms with van der Waals surface area (Å²) >= 11 is 0. The summed E-state index contributed by atoms with van der Waals surface area (Å²) in [4.78, 5) is 0. The van der Waals surface area contributed by atoms with Crippen LogP contribution >= 0.6 is 0 Å². The highest BCUT2D eigenvalue weighted by Gasteiger charge is 2.25. The molecule has 1 aromatic carbocycles. The van der Waals surface area contributed by atoms with E-state index in [0.29, 0.717) is 12.0 Å². The van der Waals surface area contributed by atoms with Crippen molar-refractivity contribution in [1.82, 2.24) is 5.32 Å². The maximum Gasteiger partial charge on any atom is 0.0363 e. The highest BCUT2D eigenvalue weighted by Crippen LogP contribution is 2.30. The maximum atomic E-state index is 5.88. The molecule has 1 aliphatic rings. The van der Waals surface area contributed by atoms with Crippen LogP contribution in [0.2, 0.25) is 0 Å². The van der Waals surface area contributed by atoms with Crippen LogP contribution in [0, 0.1) is 19.8 Å². The summed E-state index contributed by atoms with van der Waals surface area (Å²) in [5, 5.41) is 3.62. The summed E-state index contributed by atoms with van der Waals surface area (Å²) in [5.74, 6) is 0.592. The van der Waals surface area contributed by atoms with Crippen LogP contribution in [0.5, 0.6) is 0 Å². The van der Waals surface area contributed by atoms with Crippen molar-refractivity contribution in [3.63, 3.8) is 0 Å². The van der Waals surface area contributed by atoms with Gasteiger partial charge in [-0.15, -0.1) is 0 Å². The van der Waals surface area contributed by atoms with E-state index in [1.165, 1.54) is 29.5 Å². The molecule has 0 amide bonds. The van der Waals surface area contributed by atoms with Gasteiger partial charge in [0, 0.05) is 6.04 Å². The molecule has 1 saturated heterocycles. The minimum atomic E-state index is 0.457. The van der Waals surface area contributed by atoms with Gasteiger partial charge in [0.05, 0.1) is 0 Å². The monoisotopic (exact) mass is 218 g/mol. The standard InChI is InChI=1S/C14H22N2/c1-10-5-6-11(2)13(8-10)14-12(9-15)4-3-7-16-14/h5-6,8,12,14,16H,3-4,7,9,15H2,1-2H3/t12-,14+/m0/s1. The van der Waals surface area contributed by atoms with Crippen molar-refractivity contribution in [2.75, 3.05) is 13.1 Å². The topological polar surface area (TPSA) is 38.0 Å². The second-order valence-electron chi connectivity index (χ2n) is 4.93. The average molecular weight is 218 g/mol. The molecule has 2 rings (SSSR count). The third-order valence-corrected chi connectivity index (χ3v) is 3.66. The van der Waals surface area contributed by atoms with Crippen LogP contribution in [0.3, 0.4) is 0 Å². The molecule has 2 heteroatoms. The zero-order valence-corrected chi connectivity index (χ0v) is 10.3. The minimum absolute atomic E-state index is 0.457. The number of benzene rings is 1. The lowest BCUT2D eigenvalue weighted by Crippen LogP contribution is -2.38. The van der Waals surface area contributed by atoms with Crippen LogP contribution in [0.4, 0.5) is 0 Å². The van der Waals surface area contributed by atoms with Gasteiger partial charge in [-0.3, -0.25) is 0 Å². The number of hydrogen-bond acceptors (Lipinski definition) is 2. The fourth-order valence-electron chi connectivity index (χ4n) is 2.67. The van der Waals surface area contributed by atoms with Crippen molar-refractivity contribution in [2.45, 2.75) is 32.7 Å². The molecule has 1 fully saturated rings. The molecule has 0 radical (unpaired) electrons. The highest BCUT2D eigenvalue weighted by molar-refractivity contribution is 5.33. The molecule has 1 aromatic rings. The second kappa shape index (κ2) is 4.98. The van der Waals surface area contributed by atoms with Gasteiger partial charge in [0.25, 0.3) is 0 Å². The molecule has 1 aliphatic heterocycles. The van der Waals surface area contributed by atoms with Crippen LogP contribution < -0.4 is 11.1 Å². The summed E-state index contributed by atoms with van der Waals surface area (Å²) in [6, 6.07) is 7.16. The summed E-state index contributed by atoms with van der Waals surface area (Å²) in [5.41, 5.74) is 10.0. The molecule has 0 aliphatic carbocycles. The molecule has 0 aromatic heterocycles. The fourth-order valence-corrected chi connectivity index (χ4v) is 2.67. The van der Waals surface area contributed by atoms with Crippen LogP contribution in [-0.4, -0.2) is 13.1 Å². The minimum Gasteiger partial charge on any atom is -0.330 e. The molecule has 0 unspecified atom stereocenters. The molecular formula is C14H22N2. The van der Waals surface area contributed by atoms with E-state index in [0.717, 1.165) is 13.1 Å². The van der Waals surface area contributed by atoms with Gasteiger partial charge < -0.3 is 11.1 Å². The Morgan fingerprint density at radius 2 is 2.19 bits per heavy atom. The second-order valence-corrected chi connectivity index (χ2v) is 4.93. The molecule has 0 spiro atoms. The number of aryl methyl sites for hydroxylation is 2.